The van der Waals surface area contributed by atoms with Crippen molar-refractivity contribution in [3.05, 3.63) is 30.1 Å². The number of thiol groups is 1. The maximum absolute atomic E-state index is 5.37. The number of aromatic nitrogens is 1. The quantitative estimate of drug-likeness (QED) is 0.452. The molecule has 11 heavy (non-hydrogen) atoms. The zero-order valence-electron chi connectivity index (χ0n) is 6.07. The predicted molar refractivity (Wildman–Crippen MR) is 48.0 cm³/mol. The van der Waals surface area contributed by atoms with Crippen LogP contribution >= 0.6 is 12.6 Å². The molecule has 3 nitrogen and oxygen atoms in total. The molecule has 0 amide bonds. The lowest BCUT2D eigenvalue weighted by molar-refractivity contribution is 0.660. The zero-order valence-corrected chi connectivity index (χ0v) is 6.96. The molecule has 0 radical (unpaired) electrons. The van der Waals surface area contributed by atoms with Gasteiger partial charge in [-0.05, 0) is 12.1 Å². The molecule has 0 bridgehead atoms. The zero-order chi connectivity index (χ0) is 8.10. The lowest BCUT2D eigenvalue weighted by Gasteiger charge is -2.05. The molecule has 0 aliphatic rings. The average molecular weight is 169 g/mol. The summed E-state index contributed by atoms with van der Waals surface area (Å²) in [5.41, 5.74) is 6.05. The van der Waals surface area contributed by atoms with Crippen LogP contribution in [0.25, 0.3) is 0 Å². The van der Waals surface area contributed by atoms with E-state index in [-0.39, 0.29) is 5.50 Å². The topological polar surface area (TPSA) is 50.9 Å². The van der Waals surface area contributed by atoms with Gasteiger partial charge in [-0.1, -0.05) is 6.07 Å². The number of nitrogens with one attached hydrogen (secondary N) is 1. The van der Waals surface area contributed by atoms with Gasteiger partial charge in [0.2, 0.25) is 0 Å². The van der Waals surface area contributed by atoms with E-state index in [2.05, 4.69) is 22.9 Å². The van der Waals surface area contributed by atoms with Gasteiger partial charge < -0.3 is 5.73 Å². The van der Waals surface area contributed by atoms with Crippen molar-refractivity contribution < 1.29 is 0 Å². The van der Waals surface area contributed by atoms with Gasteiger partial charge in [-0.3, -0.25) is 10.3 Å². The number of hydrogen-bond donors (Lipinski definition) is 3. The first-order valence-electron chi connectivity index (χ1n) is 3.36. The van der Waals surface area contributed by atoms with E-state index in [9.17, 15) is 0 Å². The van der Waals surface area contributed by atoms with E-state index in [0.29, 0.717) is 6.54 Å². The molecule has 1 rings (SSSR count). The van der Waals surface area contributed by atoms with E-state index in [1.165, 1.54) is 0 Å². The second-order valence-electron chi connectivity index (χ2n) is 2.15. The van der Waals surface area contributed by atoms with Crippen LogP contribution in [0.15, 0.2) is 24.4 Å². The molecule has 1 atom stereocenters. The Bertz CT molecular complexity index is 200. The van der Waals surface area contributed by atoms with Crippen molar-refractivity contribution in [1.29, 1.82) is 0 Å². The number of nitrogens with zero attached hydrogens (tertiary/aromatic N) is 1. The van der Waals surface area contributed by atoms with Crippen LogP contribution in [0.4, 0.5) is 0 Å². The summed E-state index contributed by atoms with van der Waals surface area (Å²) in [6, 6.07) is 5.75. The Morgan fingerprint density at radius 3 is 3.00 bits per heavy atom. The van der Waals surface area contributed by atoms with Gasteiger partial charge in [0.15, 0.2) is 0 Å². The van der Waals surface area contributed by atoms with Gasteiger partial charge in [-0.15, -0.1) is 12.6 Å². The molecule has 60 valence electrons. The number of nitrogens with two attached hydrogens (primary N) is 1. The van der Waals surface area contributed by atoms with Crippen LogP contribution in [0, 0.1) is 0 Å². The molecular formula is C7H11N3S. The van der Waals surface area contributed by atoms with E-state index in [4.69, 9.17) is 5.73 Å². The van der Waals surface area contributed by atoms with Gasteiger partial charge in [0.1, 0.15) is 5.50 Å². The van der Waals surface area contributed by atoms with Gasteiger partial charge in [0.05, 0.1) is 5.69 Å². The molecule has 1 heterocycles. The summed E-state index contributed by atoms with van der Waals surface area (Å²) in [5.74, 6) is 0. The highest BCUT2D eigenvalue weighted by molar-refractivity contribution is 7.80. The van der Waals surface area contributed by atoms with Crippen LogP contribution < -0.4 is 11.1 Å². The molecule has 0 aliphatic heterocycles. The van der Waals surface area contributed by atoms with Gasteiger partial charge >= 0.3 is 0 Å². The summed E-state index contributed by atoms with van der Waals surface area (Å²) in [6.07, 6.45) is 1.75. The standard InChI is InChI=1S/C7H11N3S/c8-7(11)10-5-6-3-1-2-4-9-6/h1-4,7,10-11H,5,8H2. The van der Waals surface area contributed by atoms with E-state index in [1.807, 2.05) is 18.2 Å². The Morgan fingerprint density at radius 1 is 1.64 bits per heavy atom. The van der Waals surface area contributed by atoms with E-state index >= 15 is 0 Å². The molecule has 4 heteroatoms. The highest BCUT2D eigenvalue weighted by Gasteiger charge is 1.94. The molecule has 1 aromatic rings. The minimum absolute atomic E-state index is 0.281. The largest absolute Gasteiger partial charge is 0.308 e. The minimum atomic E-state index is -0.281. The van der Waals surface area contributed by atoms with E-state index in [1.54, 1.807) is 6.20 Å². The third-order valence-corrected chi connectivity index (χ3v) is 1.40. The number of hydrogen-bond acceptors (Lipinski definition) is 4. The Kier molecular flexibility index (Phi) is 3.35. The summed E-state index contributed by atoms with van der Waals surface area (Å²) in [6.45, 7) is 0.658. The van der Waals surface area contributed by atoms with Crippen molar-refractivity contribution >= 4 is 12.6 Å². The fourth-order valence-corrected chi connectivity index (χ4v) is 0.803. The van der Waals surface area contributed by atoms with Crippen LogP contribution in [-0.4, -0.2) is 10.5 Å². The average Bonchev–Trinajstić information content (AvgIpc) is 2.03. The maximum atomic E-state index is 5.37. The number of pyridine rings is 1. The van der Waals surface area contributed by atoms with Crippen molar-refractivity contribution in [1.82, 2.24) is 10.3 Å². The molecule has 0 aromatic carbocycles. The molecule has 1 unspecified atom stereocenters. The van der Waals surface area contributed by atoms with Crippen molar-refractivity contribution in [3.8, 4) is 0 Å². The third-order valence-electron chi connectivity index (χ3n) is 1.22. The summed E-state index contributed by atoms with van der Waals surface area (Å²) in [4.78, 5) is 4.10. The third kappa shape index (κ3) is 3.36. The highest BCUT2D eigenvalue weighted by atomic mass is 32.1. The molecule has 3 N–H and O–H groups in total. The first kappa shape index (κ1) is 8.52. The fraction of sp³-hybridized carbons (Fsp3) is 0.286. The lowest BCUT2D eigenvalue weighted by atomic mass is 10.3. The van der Waals surface area contributed by atoms with E-state index in [0.717, 1.165) is 5.69 Å². The summed E-state index contributed by atoms with van der Waals surface area (Å²) in [7, 11) is 0. The maximum Gasteiger partial charge on any atom is 0.100 e. The lowest BCUT2D eigenvalue weighted by Crippen LogP contribution is -2.31. The summed E-state index contributed by atoms with van der Waals surface area (Å²) in [5, 5.41) is 2.94. The van der Waals surface area contributed by atoms with Crippen LogP contribution in [0.5, 0.6) is 0 Å². The predicted octanol–water partition coefficient (Wildman–Crippen LogP) is 0.343. The van der Waals surface area contributed by atoms with Crippen LogP contribution in [0.1, 0.15) is 5.69 Å². The molecular weight excluding hydrogens is 158 g/mol. The molecule has 0 saturated carbocycles. The normalized spacial score (nSPS) is 12.9. The SMILES string of the molecule is NC(S)NCc1ccccn1. The Balaban J connectivity index is 2.39. The van der Waals surface area contributed by atoms with Gasteiger partial charge in [-0.25, -0.2) is 0 Å². The first-order chi connectivity index (χ1) is 5.29. The Labute approximate surface area is 71.4 Å². The Morgan fingerprint density at radius 2 is 2.45 bits per heavy atom. The molecule has 1 aromatic heterocycles. The van der Waals surface area contributed by atoms with Crippen molar-refractivity contribution in [2.24, 2.45) is 5.73 Å². The smallest absolute Gasteiger partial charge is 0.100 e. The molecule has 0 spiro atoms. The summed E-state index contributed by atoms with van der Waals surface area (Å²) < 4.78 is 0. The second kappa shape index (κ2) is 4.33. The first-order valence-corrected chi connectivity index (χ1v) is 3.87. The van der Waals surface area contributed by atoms with Crippen LogP contribution in [-0.2, 0) is 6.54 Å². The van der Waals surface area contributed by atoms with Gasteiger partial charge in [-0.2, -0.15) is 0 Å². The van der Waals surface area contributed by atoms with Crippen molar-refractivity contribution in [2.45, 2.75) is 12.0 Å². The monoisotopic (exact) mass is 169 g/mol. The molecule has 0 fully saturated rings. The van der Waals surface area contributed by atoms with Gasteiger partial charge in [0, 0.05) is 12.7 Å². The highest BCUT2D eigenvalue weighted by Crippen LogP contribution is 1.92. The second-order valence-corrected chi connectivity index (χ2v) is 2.70. The number of rotatable bonds is 3. The fourth-order valence-electron chi connectivity index (χ4n) is 0.712. The van der Waals surface area contributed by atoms with Crippen molar-refractivity contribution in [3.63, 3.8) is 0 Å². The summed E-state index contributed by atoms with van der Waals surface area (Å²) >= 11 is 3.97. The van der Waals surface area contributed by atoms with E-state index < -0.39 is 0 Å². The molecule has 0 saturated heterocycles. The van der Waals surface area contributed by atoms with Gasteiger partial charge in [0.25, 0.3) is 0 Å². The Hall–Kier alpha value is -0.580. The molecule has 0 aliphatic carbocycles. The van der Waals surface area contributed by atoms with Crippen LogP contribution in [0.3, 0.4) is 0 Å². The van der Waals surface area contributed by atoms with Crippen molar-refractivity contribution in [2.75, 3.05) is 0 Å². The minimum Gasteiger partial charge on any atom is -0.308 e. The van der Waals surface area contributed by atoms with Crippen LogP contribution in [0.2, 0.25) is 0 Å².